The van der Waals surface area contributed by atoms with E-state index < -0.39 is 5.97 Å². The molecule has 0 bridgehead atoms. The van der Waals surface area contributed by atoms with E-state index in [1.165, 1.54) is 17.7 Å². The second-order valence-electron chi connectivity index (χ2n) is 6.95. The fourth-order valence-corrected chi connectivity index (χ4v) is 3.57. The molecule has 0 atom stereocenters. The summed E-state index contributed by atoms with van der Waals surface area (Å²) in [5.74, 6) is 0.276. The number of halogens is 2. The SMILES string of the molecule is CCOc1cc(CNc2cc(C(=O)O)ccc2Cl)c(Br)cc1OCc1ccc(C)cc1. The summed E-state index contributed by atoms with van der Waals surface area (Å²) >= 11 is 9.81. The van der Waals surface area contributed by atoms with Gasteiger partial charge in [-0.1, -0.05) is 57.4 Å². The summed E-state index contributed by atoms with van der Waals surface area (Å²) in [6, 6.07) is 16.5. The number of aryl methyl sites for hydroxylation is 1. The van der Waals surface area contributed by atoms with Gasteiger partial charge in [-0.3, -0.25) is 0 Å². The number of nitrogens with one attached hydrogen (secondary N) is 1. The van der Waals surface area contributed by atoms with Crippen LogP contribution in [0.1, 0.15) is 34.0 Å². The van der Waals surface area contributed by atoms with E-state index in [4.69, 9.17) is 21.1 Å². The first-order valence-electron chi connectivity index (χ1n) is 9.77. The number of benzene rings is 3. The molecule has 0 aliphatic heterocycles. The lowest BCUT2D eigenvalue weighted by atomic mass is 10.1. The van der Waals surface area contributed by atoms with Crippen molar-refractivity contribution in [1.29, 1.82) is 0 Å². The monoisotopic (exact) mass is 503 g/mol. The summed E-state index contributed by atoms with van der Waals surface area (Å²) in [4.78, 5) is 11.2. The topological polar surface area (TPSA) is 67.8 Å². The molecule has 0 aromatic heterocycles. The number of carboxylic acid groups (broad SMARTS) is 1. The van der Waals surface area contributed by atoms with Crippen LogP contribution in [0.25, 0.3) is 0 Å². The molecule has 0 heterocycles. The number of hydrogen-bond acceptors (Lipinski definition) is 4. The number of rotatable bonds is 9. The number of aromatic carboxylic acids is 1. The Kier molecular flexibility index (Phi) is 7.82. The zero-order chi connectivity index (χ0) is 22.4. The molecule has 2 N–H and O–H groups in total. The third-order valence-electron chi connectivity index (χ3n) is 4.61. The summed E-state index contributed by atoms with van der Waals surface area (Å²) in [6.45, 7) is 5.32. The standard InChI is InChI=1S/C24H23BrClNO4/c1-3-30-22-11-18(13-27-21-10-17(24(28)29)8-9-20(21)26)19(25)12-23(22)31-14-16-6-4-15(2)5-7-16/h4-12,27H,3,13-14H2,1-2H3,(H,28,29). The first kappa shape index (κ1) is 23.0. The second kappa shape index (κ2) is 10.6. The van der Waals surface area contributed by atoms with Gasteiger partial charge in [-0.15, -0.1) is 0 Å². The van der Waals surface area contributed by atoms with Gasteiger partial charge in [-0.25, -0.2) is 4.79 Å². The van der Waals surface area contributed by atoms with E-state index in [1.807, 2.05) is 38.1 Å². The molecular formula is C24H23BrClNO4. The quantitative estimate of drug-likeness (QED) is 0.339. The number of carboxylic acids is 1. The Bertz CT molecular complexity index is 1070. The van der Waals surface area contributed by atoms with Gasteiger partial charge in [-0.05, 0) is 55.3 Å². The van der Waals surface area contributed by atoms with Gasteiger partial charge in [0, 0.05) is 11.0 Å². The summed E-state index contributed by atoms with van der Waals surface area (Å²) < 4.78 is 12.6. The number of carbonyl (C=O) groups is 1. The zero-order valence-corrected chi connectivity index (χ0v) is 19.6. The van der Waals surface area contributed by atoms with Crippen molar-refractivity contribution >= 4 is 39.2 Å². The predicted molar refractivity (Wildman–Crippen MR) is 127 cm³/mol. The van der Waals surface area contributed by atoms with Crippen LogP contribution in [0.4, 0.5) is 5.69 Å². The minimum Gasteiger partial charge on any atom is -0.490 e. The summed E-state index contributed by atoms with van der Waals surface area (Å²) in [6.07, 6.45) is 0. The van der Waals surface area contributed by atoms with Crippen molar-refractivity contribution in [3.05, 3.63) is 86.3 Å². The third kappa shape index (κ3) is 6.15. The molecular weight excluding hydrogens is 482 g/mol. The predicted octanol–water partition coefficient (Wildman–Crippen LogP) is 6.70. The Morgan fingerprint density at radius 2 is 1.77 bits per heavy atom. The van der Waals surface area contributed by atoms with E-state index in [0.29, 0.717) is 42.0 Å². The van der Waals surface area contributed by atoms with Crippen molar-refractivity contribution in [2.24, 2.45) is 0 Å². The first-order chi connectivity index (χ1) is 14.9. The van der Waals surface area contributed by atoms with Gasteiger partial charge in [0.2, 0.25) is 0 Å². The van der Waals surface area contributed by atoms with Crippen LogP contribution < -0.4 is 14.8 Å². The maximum Gasteiger partial charge on any atom is 0.335 e. The van der Waals surface area contributed by atoms with Crippen LogP contribution in [0.2, 0.25) is 5.02 Å². The molecule has 0 aliphatic carbocycles. The van der Waals surface area contributed by atoms with E-state index in [2.05, 4.69) is 33.4 Å². The van der Waals surface area contributed by atoms with Crippen molar-refractivity contribution < 1.29 is 19.4 Å². The maximum atomic E-state index is 11.2. The molecule has 3 aromatic rings. The van der Waals surface area contributed by atoms with E-state index in [1.54, 1.807) is 6.07 Å². The molecule has 0 spiro atoms. The second-order valence-corrected chi connectivity index (χ2v) is 8.21. The number of ether oxygens (including phenoxy) is 2. The van der Waals surface area contributed by atoms with Crippen molar-refractivity contribution in [1.82, 2.24) is 0 Å². The average molecular weight is 505 g/mol. The largest absolute Gasteiger partial charge is 0.490 e. The smallest absolute Gasteiger partial charge is 0.335 e. The minimum absolute atomic E-state index is 0.167. The van der Waals surface area contributed by atoms with Gasteiger partial charge >= 0.3 is 5.97 Å². The van der Waals surface area contributed by atoms with Gasteiger partial charge in [0.1, 0.15) is 6.61 Å². The Morgan fingerprint density at radius 3 is 2.45 bits per heavy atom. The Labute approximate surface area is 195 Å². The van der Waals surface area contributed by atoms with Gasteiger partial charge < -0.3 is 19.9 Å². The van der Waals surface area contributed by atoms with Crippen LogP contribution in [0.5, 0.6) is 11.5 Å². The minimum atomic E-state index is -1.00. The molecule has 0 unspecified atom stereocenters. The highest BCUT2D eigenvalue weighted by Gasteiger charge is 2.13. The zero-order valence-electron chi connectivity index (χ0n) is 17.2. The van der Waals surface area contributed by atoms with Crippen LogP contribution in [0, 0.1) is 6.92 Å². The lowest BCUT2D eigenvalue weighted by Crippen LogP contribution is -2.05. The molecule has 0 fully saturated rings. The Balaban J connectivity index is 1.77. The highest BCUT2D eigenvalue weighted by atomic mass is 79.9. The molecule has 3 aromatic carbocycles. The normalized spacial score (nSPS) is 10.6. The van der Waals surface area contributed by atoms with Crippen LogP contribution in [0.15, 0.2) is 59.1 Å². The van der Waals surface area contributed by atoms with Crippen LogP contribution in [-0.2, 0) is 13.2 Å². The Hall–Kier alpha value is -2.70. The lowest BCUT2D eigenvalue weighted by molar-refractivity contribution is 0.0697. The fourth-order valence-electron chi connectivity index (χ4n) is 2.92. The van der Waals surface area contributed by atoms with Crippen LogP contribution >= 0.6 is 27.5 Å². The molecule has 0 amide bonds. The number of hydrogen-bond donors (Lipinski definition) is 2. The average Bonchev–Trinajstić information content (AvgIpc) is 2.74. The van der Waals surface area contributed by atoms with Gasteiger partial charge in [0.25, 0.3) is 0 Å². The fraction of sp³-hybridized carbons (Fsp3) is 0.208. The summed E-state index contributed by atoms with van der Waals surface area (Å²) in [5, 5.41) is 12.8. The summed E-state index contributed by atoms with van der Waals surface area (Å²) in [7, 11) is 0. The molecule has 0 saturated carbocycles. The highest BCUT2D eigenvalue weighted by molar-refractivity contribution is 9.10. The van der Waals surface area contributed by atoms with Crippen molar-refractivity contribution in [2.75, 3.05) is 11.9 Å². The highest BCUT2D eigenvalue weighted by Crippen LogP contribution is 2.35. The molecule has 3 rings (SSSR count). The molecule has 162 valence electrons. The van der Waals surface area contributed by atoms with Gasteiger partial charge in [-0.2, -0.15) is 0 Å². The Morgan fingerprint density at radius 1 is 1.06 bits per heavy atom. The van der Waals surface area contributed by atoms with E-state index in [9.17, 15) is 9.90 Å². The van der Waals surface area contributed by atoms with Gasteiger partial charge in [0.05, 0.1) is 22.9 Å². The maximum absolute atomic E-state index is 11.2. The summed E-state index contributed by atoms with van der Waals surface area (Å²) in [5.41, 5.74) is 3.91. The van der Waals surface area contributed by atoms with E-state index in [0.717, 1.165) is 15.6 Å². The first-order valence-corrected chi connectivity index (χ1v) is 10.9. The van der Waals surface area contributed by atoms with Crippen LogP contribution in [0.3, 0.4) is 0 Å². The van der Waals surface area contributed by atoms with Crippen molar-refractivity contribution in [3.63, 3.8) is 0 Å². The molecule has 7 heteroatoms. The molecule has 5 nitrogen and oxygen atoms in total. The van der Waals surface area contributed by atoms with Crippen LogP contribution in [-0.4, -0.2) is 17.7 Å². The van der Waals surface area contributed by atoms with E-state index in [-0.39, 0.29) is 5.56 Å². The molecule has 0 aliphatic rings. The van der Waals surface area contributed by atoms with Gasteiger partial charge in [0.15, 0.2) is 11.5 Å². The molecule has 31 heavy (non-hydrogen) atoms. The lowest BCUT2D eigenvalue weighted by Gasteiger charge is -2.16. The molecule has 0 saturated heterocycles. The number of anilines is 1. The third-order valence-corrected chi connectivity index (χ3v) is 5.68. The van der Waals surface area contributed by atoms with E-state index >= 15 is 0 Å². The molecule has 0 radical (unpaired) electrons. The van der Waals surface area contributed by atoms with Crippen molar-refractivity contribution in [3.8, 4) is 11.5 Å². The van der Waals surface area contributed by atoms with Crippen molar-refractivity contribution in [2.45, 2.75) is 27.0 Å².